The average molecular weight is 538 g/mol. The average Bonchev–Trinajstić information content (AvgIpc) is 3.30. The lowest BCUT2D eigenvalue weighted by molar-refractivity contribution is 0.0992. The van der Waals surface area contributed by atoms with Gasteiger partial charge in [-0.05, 0) is 43.9 Å². The van der Waals surface area contributed by atoms with Crippen LogP contribution < -0.4 is 15.4 Å². The van der Waals surface area contributed by atoms with E-state index in [2.05, 4.69) is 20.3 Å². The Morgan fingerprint density at radius 2 is 2.17 bits per heavy atom. The summed E-state index contributed by atoms with van der Waals surface area (Å²) in [5.41, 5.74) is 0.830. The molecule has 2 aliphatic rings. The van der Waals surface area contributed by atoms with Crippen LogP contribution in [0.2, 0.25) is 0 Å². The third kappa shape index (κ3) is 6.78. The molecule has 0 spiro atoms. The van der Waals surface area contributed by atoms with E-state index < -0.39 is 10.0 Å². The number of rotatable bonds is 9. The number of benzene rings is 1. The van der Waals surface area contributed by atoms with Gasteiger partial charge in [-0.3, -0.25) is 0 Å². The van der Waals surface area contributed by atoms with Crippen molar-refractivity contribution in [1.29, 1.82) is 0 Å². The first kappa shape index (κ1) is 24.3. The summed E-state index contributed by atoms with van der Waals surface area (Å²) in [6.45, 7) is 3.73. The molecule has 3 rings (SSSR count). The van der Waals surface area contributed by atoms with Crippen molar-refractivity contribution in [2.45, 2.75) is 55.9 Å². The molecule has 0 saturated carbocycles. The lowest BCUT2D eigenvalue weighted by Gasteiger charge is -2.22. The largest absolute Gasteiger partial charge is 0.383 e. The van der Waals surface area contributed by atoms with Gasteiger partial charge in [0.05, 0.1) is 36.3 Å². The molecule has 0 aromatic heterocycles. The summed E-state index contributed by atoms with van der Waals surface area (Å²) in [5.74, 6) is 0.732. The highest BCUT2D eigenvalue weighted by molar-refractivity contribution is 14.0. The molecule has 0 radical (unpaired) electrons. The van der Waals surface area contributed by atoms with E-state index in [4.69, 9.17) is 9.47 Å². The van der Waals surface area contributed by atoms with Gasteiger partial charge in [0.2, 0.25) is 10.0 Å². The van der Waals surface area contributed by atoms with Crippen LogP contribution in [0.1, 0.15) is 31.7 Å². The predicted molar refractivity (Wildman–Crippen MR) is 123 cm³/mol. The molecule has 3 atom stereocenters. The Morgan fingerprint density at radius 3 is 2.83 bits per heavy atom. The van der Waals surface area contributed by atoms with Gasteiger partial charge in [0.25, 0.3) is 0 Å². The number of nitrogens with one attached hydrogen (secondary N) is 3. The molecule has 2 bridgehead atoms. The number of hydrogen-bond acceptors (Lipinski definition) is 5. The summed E-state index contributed by atoms with van der Waals surface area (Å²) in [5, 5.41) is 6.72. The van der Waals surface area contributed by atoms with Gasteiger partial charge < -0.3 is 20.1 Å². The van der Waals surface area contributed by atoms with E-state index in [0.717, 1.165) is 37.3 Å². The van der Waals surface area contributed by atoms with E-state index in [0.29, 0.717) is 19.3 Å². The molecule has 1 aromatic carbocycles. The third-order valence-electron chi connectivity index (χ3n) is 5.00. The number of nitrogens with zero attached hydrogens (tertiary/aromatic N) is 1. The number of halogens is 1. The number of aliphatic imine (C=N–C) groups is 1. The van der Waals surface area contributed by atoms with Gasteiger partial charge in [-0.2, -0.15) is 0 Å². The molecule has 164 valence electrons. The maximum Gasteiger partial charge on any atom is 0.240 e. The number of fused-ring (bicyclic) bond motifs is 2. The highest BCUT2D eigenvalue weighted by Crippen LogP contribution is 2.34. The maximum atomic E-state index is 12.4. The Morgan fingerprint density at radius 1 is 1.34 bits per heavy atom. The highest BCUT2D eigenvalue weighted by Gasteiger charge is 2.41. The molecule has 3 N–H and O–H groups in total. The molecule has 3 unspecified atom stereocenters. The van der Waals surface area contributed by atoms with Gasteiger partial charge in [-0.1, -0.05) is 12.1 Å². The Kier molecular flexibility index (Phi) is 9.60. The van der Waals surface area contributed by atoms with Crippen LogP contribution in [0.5, 0.6) is 0 Å². The molecule has 2 fully saturated rings. The Hall–Kier alpha value is -0.950. The fraction of sp³-hybridized carbons (Fsp3) is 0.632. The SMILES string of the molecule is CCNC(=NCc1cccc(S(=O)(=O)NCCOC)c1)NC1CC2CCC1O2.I. The van der Waals surface area contributed by atoms with Crippen LogP contribution in [0.15, 0.2) is 34.2 Å². The summed E-state index contributed by atoms with van der Waals surface area (Å²) in [7, 11) is -2.02. The van der Waals surface area contributed by atoms with Crippen LogP contribution in [-0.2, 0) is 26.0 Å². The van der Waals surface area contributed by atoms with E-state index in [-0.39, 0.29) is 47.6 Å². The normalized spacial score (nSPS) is 23.7. The van der Waals surface area contributed by atoms with Gasteiger partial charge in [0.1, 0.15) is 0 Å². The summed E-state index contributed by atoms with van der Waals surface area (Å²) < 4.78 is 38.0. The van der Waals surface area contributed by atoms with Crippen molar-refractivity contribution in [2.75, 3.05) is 26.8 Å². The molecule has 2 aliphatic heterocycles. The predicted octanol–water partition coefficient (Wildman–Crippen LogP) is 1.60. The van der Waals surface area contributed by atoms with Crippen molar-refractivity contribution in [3.63, 3.8) is 0 Å². The third-order valence-corrected chi connectivity index (χ3v) is 6.46. The van der Waals surface area contributed by atoms with E-state index in [1.807, 2.05) is 13.0 Å². The number of sulfonamides is 1. The molecule has 8 nitrogen and oxygen atoms in total. The summed E-state index contributed by atoms with van der Waals surface area (Å²) in [4.78, 5) is 4.87. The number of ether oxygens (including phenoxy) is 2. The van der Waals surface area contributed by atoms with Crippen molar-refractivity contribution < 1.29 is 17.9 Å². The first-order valence-electron chi connectivity index (χ1n) is 9.79. The maximum absolute atomic E-state index is 12.4. The molecule has 1 aromatic rings. The molecule has 2 heterocycles. The minimum atomic E-state index is -3.55. The van der Waals surface area contributed by atoms with Crippen LogP contribution in [0.4, 0.5) is 0 Å². The monoisotopic (exact) mass is 538 g/mol. The lowest BCUT2D eigenvalue weighted by Crippen LogP contribution is -2.47. The standard InChI is InChI=1S/C19H30N4O4S.HI/c1-3-20-19(23-17-12-15-7-8-18(17)27-15)21-13-14-5-4-6-16(11-14)28(24,25)22-9-10-26-2;/h4-6,11,15,17-18,22H,3,7-10,12-13H2,1-2H3,(H2,20,21,23);1H. The fourth-order valence-corrected chi connectivity index (χ4v) is 4.71. The smallest absolute Gasteiger partial charge is 0.240 e. The second-order valence-corrected chi connectivity index (χ2v) is 8.86. The Bertz CT molecular complexity index is 790. The van der Waals surface area contributed by atoms with Crippen LogP contribution in [-0.4, -0.2) is 59.4 Å². The van der Waals surface area contributed by atoms with Gasteiger partial charge in [-0.25, -0.2) is 18.1 Å². The van der Waals surface area contributed by atoms with Crippen LogP contribution in [0.3, 0.4) is 0 Å². The zero-order valence-electron chi connectivity index (χ0n) is 16.9. The summed E-state index contributed by atoms with van der Waals surface area (Å²) in [6.07, 6.45) is 3.89. The van der Waals surface area contributed by atoms with Crippen molar-refractivity contribution in [3.8, 4) is 0 Å². The van der Waals surface area contributed by atoms with Crippen LogP contribution in [0, 0.1) is 0 Å². The second kappa shape index (κ2) is 11.4. The number of guanidine groups is 1. The van der Waals surface area contributed by atoms with Crippen LogP contribution >= 0.6 is 24.0 Å². The molecular weight excluding hydrogens is 507 g/mol. The van der Waals surface area contributed by atoms with E-state index in [1.54, 1.807) is 18.2 Å². The summed E-state index contributed by atoms with van der Waals surface area (Å²) in [6, 6.07) is 7.14. The quantitative estimate of drug-likeness (QED) is 0.191. The zero-order chi connectivity index (χ0) is 20.0. The van der Waals surface area contributed by atoms with Crippen molar-refractivity contribution in [2.24, 2.45) is 4.99 Å². The molecule has 29 heavy (non-hydrogen) atoms. The minimum absolute atomic E-state index is 0. The summed E-state index contributed by atoms with van der Waals surface area (Å²) >= 11 is 0. The van der Waals surface area contributed by atoms with Gasteiger partial charge in [0, 0.05) is 20.2 Å². The second-order valence-electron chi connectivity index (χ2n) is 7.09. The van der Waals surface area contributed by atoms with Crippen molar-refractivity contribution in [3.05, 3.63) is 29.8 Å². The van der Waals surface area contributed by atoms with Crippen molar-refractivity contribution in [1.82, 2.24) is 15.4 Å². The lowest BCUT2D eigenvalue weighted by atomic mass is 9.96. The van der Waals surface area contributed by atoms with E-state index in [1.165, 1.54) is 7.11 Å². The molecule has 0 amide bonds. The molecule has 0 aliphatic carbocycles. The molecule has 2 saturated heterocycles. The molecular formula is C19H31IN4O4S. The van der Waals surface area contributed by atoms with E-state index in [9.17, 15) is 8.42 Å². The van der Waals surface area contributed by atoms with Crippen molar-refractivity contribution >= 4 is 40.0 Å². The fourth-order valence-electron chi connectivity index (χ4n) is 3.63. The van der Waals surface area contributed by atoms with Gasteiger partial charge in [0.15, 0.2) is 5.96 Å². The Labute approximate surface area is 190 Å². The van der Waals surface area contributed by atoms with E-state index >= 15 is 0 Å². The first-order chi connectivity index (χ1) is 13.5. The highest BCUT2D eigenvalue weighted by atomic mass is 127. The minimum Gasteiger partial charge on any atom is -0.383 e. The van der Waals surface area contributed by atoms with Gasteiger partial charge >= 0.3 is 0 Å². The van der Waals surface area contributed by atoms with Gasteiger partial charge in [-0.15, -0.1) is 24.0 Å². The first-order valence-corrected chi connectivity index (χ1v) is 11.3. The number of methoxy groups -OCH3 is 1. The number of hydrogen-bond donors (Lipinski definition) is 3. The molecule has 10 heteroatoms. The topological polar surface area (TPSA) is 101 Å². The van der Waals surface area contributed by atoms with Crippen LogP contribution in [0.25, 0.3) is 0 Å². The Balaban J connectivity index is 0.00000300. The zero-order valence-corrected chi connectivity index (χ0v) is 20.0.